The minimum Gasteiger partial charge on any atom is -0.481 e. The first-order valence-electron chi connectivity index (χ1n) is 8.75. The molecule has 25 heavy (non-hydrogen) atoms. The summed E-state index contributed by atoms with van der Waals surface area (Å²) >= 11 is 0. The quantitative estimate of drug-likeness (QED) is 0.438. The number of carboxylic acids is 1. The van der Waals surface area contributed by atoms with Gasteiger partial charge in [0.2, 0.25) is 17.7 Å². The van der Waals surface area contributed by atoms with Crippen LogP contribution in [0.1, 0.15) is 44.9 Å². The van der Waals surface area contributed by atoms with Crippen LogP contribution in [0.3, 0.4) is 0 Å². The molecule has 0 aliphatic carbocycles. The van der Waals surface area contributed by atoms with Gasteiger partial charge in [-0.25, -0.2) is 0 Å². The Balaban J connectivity index is 1.93. The number of nitrogens with two attached hydrogens (primary N) is 1. The fraction of sp³-hybridized carbons (Fsp3) is 0.750. The maximum Gasteiger partial charge on any atom is 0.303 e. The molecule has 0 radical (unpaired) electrons. The molecule has 2 saturated heterocycles. The Kier molecular flexibility index (Phi) is 6.74. The Morgan fingerprint density at radius 3 is 2.60 bits per heavy atom. The van der Waals surface area contributed by atoms with Crippen LogP contribution in [0.4, 0.5) is 0 Å². The minimum absolute atomic E-state index is 0.0725. The molecule has 0 aromatic carbocycles. The SMILES string of the molecule is NC(=O)[C@H](CCCC(=O)O)NC(=O)[C@@H]1CCCN1C(=O)[C@H]1CCCN1. The molecular weight excluding hydrogens is 328 g/mol. The van der Waals surface area contributed by atoms with Gasteiger partial charge in [0.1, 0.15) is 12.1 Å². The zero-order chi connectivity index (χ0) is 18.4. The Hall–Kier alpha value is -2.16. The number of nitrogens with zero attached hydrogens (tertiary/aromatic N) is 1. The summed E-state index contributed by atoms with van der Waals surface area (Å²) in [5, 5.41) is 14.4. The van der Waals surface area contributed by atoms with Crippen molar-refractivity contribution in [3.8, 4) is 0 Å². The Morgan fingerprint density at radius 2 is 2.00 bits per heavy atom. The molecule has 2 aliphatic heterocycles. The van der Waals surface area contributed by atoms with Crippen LogP contribution < -0.4 is 16.4 Å². The van der Waals surface area contributed by atoms with Gasteiger partial charge in [0.15, 0.2) is 0 Å². The van der Waals surface area contributed by atoms with Gasteiger partial charge >= 0.3 is 5.97 Å². The van der Waals surface area contributed by atoms with Gasteiger partial charge in [-0.15, -0.1) is 0 Å². The summed E-state index contributed by atoms with van der Waals surface area (Å²) in [5.74, 6) is -2.14. The van der Waals surface area contributed by atoms with Gasteiger partial charge in [-0.05, 0) is 45.1 Å². The molecule has 3 atom stereocenters. The van der Waals surface area contributed by atoms with E-state index in [9.17, 15) is 19.2 Å². The highest BCUT2D eigenvalue weighted by Gasteiger charge is 2.38. The summed E-state index contributed by atoms with van der Waals surface area (Å²) in [7, 11) is 0. The first-order chi connectivity index (χ1) is 11.9. The molecule has 0 saturated carbocycles. The third-order valence-corrected chi connectivity index (χ3v) is 4.74. The van der Waals surface area contributed by atoms with E-state index in [4.69, 9.17) is 10.8 Å². The molecule has 3 amide bonds. The van der Waals surface area contributed by atoms with E-state index in [1.165, 1.54) is 0 Å². The largest absolute Gasteiger partial charge is 0.481 e. The summed E-state index contributed by atoms with van der Waals surface area (Å²) in [5.41, 5.74) is 5.30. The molecule has 0 spiro atoms. The van der Waals surface area contributed by atoms with Crippen molar-refractivity contribution >= 4 is 23.7 Å². The van der Waals surface area contributed by atoms with Crippen molar-refractivity contribution < 1.29 is 24.3 Å². The number of aliphatic carboxylic acids is 1. The molecule has 0 bridgehead atoms. The number of hydrogen-bond donors (Lipinski definition) is 4. The van der Waals surface area contributed by atoms with Gasteiger partial charge < -0.3 is 26.4 Å². The van der Waals surface area contributed by atoms with E-state index in [1.54, 1.807) is 4.90 Å². The molecular formula is C16H26N4O5. The van der Waals surface area contributed by atoms with E-state index in [2.05, 4.69) is 10.6 Å². The van der Waals surface area contributed by atoms with Gasteiger partial charge in [-0.1, -0.05) is 0 Å². The smallest absolute Gasteiger partial charge is 0.303 e. The standard InChI is InChI=1S/C16H26N4O5/c17-14(23)10(4-1-7-13(21)22)19-15(24)12-6-3-9-20(12)16(25)11-5-2-8-18-11/h10-12,18H,1-9H2,(H2,17,23)(H,19,24)(H,21,22)/t10-,11+,12-/m0/s1. The molecule has 2 rings (SSSR count). The summed E-state index contributed by atoms with van der Waals surface area (Å²) in [4.78, 5) is 48.8. The van der Waals surface area contributed by atoms with Crippen molar-refractivity contribution in [1.82, 2.24) is 15.5 Å². The molecule has 2 aliphatic rings. The fourth-order valence-electron chi connectivity index (χ4n) is 3.41. The topological polar surface area (TPSA) is 142 Å². The molecule has 2 fully saturated rings. The maximum atomic E-state index is 12.6. The average Bonchev–Trinajstić information content (AvgIpc) is 3.24. The van der Waals surface area contributed by atoms with Gasteiger partial charge in [0, 0.05) is 13.0 Å². The van der Waals surface area contributed by atoms with E-state index in [-0.39, 0.29) is 31.2 Å². The Labute approximate surface area is 146 Å². The number of primary amides is 1. The van der Waals surface area contributed by atoms with Crippen LogP contribution in [0.2, 0.25) is 0 Å². The lowest BCUT2D eigenvalue weighted by molar-refractivity contribution is -0.140. The Bertz CT molecular complexity index is 533. The molecule has 9 heteroatoms. The highest BCUT2D eigenvalue weighted by atomic mass is 16.4. The Morgan fingerprint density at radius 1 is 1.24 bits per heavy atom. The van der Waals surface area contributed by atoms with Crippen molar-refractivity contribution in [3.05, 3.63) is 0 Å². The predicted molar refractivity (Wildman–Crippen MR) is 88.4 cm³/mol. The van der Waals surface area contributed by atoms with Crippen LogP contribution in [-0.2, 0) is 19.2 Å². The number of likely N-dealkylation sites (tertiary alicyclic amines) is 1. The van der Waals surface area contributed by atoms with E-state index in [0.29, 0.717) is 13.0 Å². The van der Waals surface area contributed by atoms with Crippen LogP contribution in [0.15, 0.2) is 0 Å². The second-order valence-electron chi connectivity index (χ2n) is 6.59. The lowest BCUT2D eigenvalue weighted by atomic mass is 10.1. The fourth-order valence-corrected chi connectivity index (χ4v) is 3.41. The van der Waals surface area contributed by atoms with Crippen molar-refractivity contribution in [1.29, 1.82) is 0 Å². The highest BCUT2D eigenvalue weighted by Crippen LogP contribution is 2.21. The van der Waals surface area contributed by atoms with E-state index >= 15 is 0 Å². The van der Waals surface area contributed by atoms with Crippen LogP contribution in [-0.4, -0.2) is 64.9 Å². The van der Waals surface area contributed by atoms with Crippen LogP contribution in [0, 0.1) is 0 Å². The molecule has 140 valence electrons. The summed E-state index contributed by atoms with van der Waals surface area (Å²) < 4.78 is 0. The highest BCUT2D eigenvalue weighted by molar-refractivity contribution is 5.93. The number of carbonyl (C=O) groups is 4. The number of nitrogens with one attached hydrogen (secondary N) is 2. The molecule has 0 unspecified atom stereocenters. The van der Waals surface area contributed by atoms with Gasteiger partial charge in [-0.2, -0.15) is 0 Å². The van der Waals surface area contributed by atoms with Crippen molar-refractivity contribution in [2.24, 2.45) is 5.73 Å². The second-order valence-corrected chi connectivity index (χ2v) is 6.59. The normalized spacial score (nSPS) is 24.1. The third kappa shape index (κ3) is 5.15. The molecule has 5 N–H and O–H groups in total. The van der Waals surface area contributed by atoms with Crippen molar-refractivity contribution in [2.75, 3.05) is 13.1 Å². The van der Waals surface area contributed by atoms with Crippen LogP contribution in [0.25, 0.3) is 0 Å². The van der Waals surface area contributed by atoms with Crippen LogP contribution in [0.5, 0.6) is 0 Å². The van der Waals surface area contributed by atoms with E-state index in [1.807, 2.05) is 0 Å². The number of carboxylic acid groups (broad SMARTS) is 1. The zero-order valence-electron chi connectivity index (χ0n) is 14.2. The number of hydrogen-bond acceptors (Lipinski definition) is 5. The van der Waals surface area contributed by atoms with Gasteiger partial charge in [-0.3, -0.25) is 19.2 Å². The predicted octanol–water partition coefficient (Wildman–Crippen LogP) is -1.05. The first-order valence-corrected chi connectivity index (χ1v) is 8.75. The maximum absolute atomic E-state index is 12.6. The molecule has 9 nitrogen and oxygen atoms in total. The summed E-state index contributed by atoms with van der Waals surface area (Å²) in [6.45, 7) is 1.32. The zero-order valence-corrected chi connectivity index (χ0v) is 14.2. The second kappa shape index (κ2) is 8.80. The van der Waals surface area contributed by atoms with E-state index in [0.717, 1.165) is 25.8 Å². The lowest BCUT2D eigenvalue weighted by Gasteiger charge is -2.28. The lowest BCUT2D eigenvalue weighted by Crippen LogP contribution is -2.54. The summed E-state index contributed by atoms with van der Waals surface area (Å²) in [6.07, 6.45) is 3.29. The van der Waals surface area contributed by atoms with Crippen LogP contribution >= 0.6 is 0 Å². The minimum atomic E-state index is -0.967. The number of carbonyl (C=O) groups excluding carboxylic acids is 3. The number of amides is 3. The molecule has 2 heterocycles. The first kappa shape index (κ1) is 19.2. The average molecular weight is 354 g/mol. The van der Waals surface area contributed by atoms with Crippen molar-refractivity contribution in [2.45, 2.75) is 63.1 Å². The van der Waals surface area contributed by atoms with Crippen molar-refractivity contribution in [3.63, 3.8) is 0 Å². The monoisotopic (exact) mass is 354 g/mol. The summed E-state index contributed by atoms with van der Waals surface area (Å²) in [6, 6.07) is -1.76. The van der Waals surface area contributed by atoms with E-state index < -0.39 is 29.9 Å². The number of rotatable bonds is 8. The molecule has 0 aromatic rings. The van der Waals surface area contributed by atoms with Gasteiger partial charge in [0.25, 0.3) is 0 Å². The van der Waals surface area contributed by atoms with Gasteiger partial charge in [0.05, 0.1) is 6.04 Å². The third-order valence-electron chi connectivity index (χ3n) is 4.74. The molecule has 0 aromatic heterocycles.